The Balaban J connectivity index is 3.78. The molecule has 7 heteroatoms. The van der Waals surface area contributed by atoms with Crippen molar-refractivity contribution in [2.24, 2.45) is 0 Å². The highest BCUT2D eigenvalue weighted by atomic mass is 32.2. The van der Waals surface area contributed by atoms with Gasteiger partial charge in [0.2, 0.25) is 16.6 Å². The van der Waals surface area contributed by atoms with Crippen molar-refractivity contribution in [3.63, 3.8) is 0 Å². The van der Waals surface area contributed by atoms with Crippen LogP contribution in [0, 0.1) is 0 Å². The van der Waals surface area contributed by atoms with Crippen LogP contribution in [0.15, 0.2) is 0 Å². The molecule has 0 aromatic heterocycles. The molecule has 0 spiro atoms. The zero-order chi connectivity index (χ0) is 13.7. The van der Waals surface area contributed by atoms with Crippen LogP contribution < -0.4 is 0 Å². The molecule has 0 unspecified atom stereocenters. The predicted octanol–water partition coefficient (Wildman–Crippen LogP) is 2.48. The van der Waals surface area contributed by atoms with Gasteiger partial charge in [0.15, 0.2) is 0 Å². The van der Waals surface area contributed by atoms with Gasteiger partial charge in [0.05, 0.1) is 11.5 Å². The molecule has 0 amide bonds. The molecule has 0 fully saturated rings. The van der Waals surface area contributed by atoms with Gasteiger partial charge in [-0.25, -0.2) is 0 Å². The fourth-order valence-electron chi connectivity index (χ4n) is 0.960. The Labute approximate surface area is 110 Å². The Hall–Kier alpha value is -0.276. The van der Waals surface area contributed by atoms with Crippen LogP contribution in [-0.2, 0) is 18.4 Å². The summed E-state index contributed by atoms with van der Waals surface area (Å²) in [5.41, 5.74) is 0. The zero-order valence-electron chi connectivity index (χ0n) is 11.5. The Morgan fingerprint density at radius 1 is 0.824 bits per heavy atom. The van der Waals surface area contributed by atoms with Gasteiger partial charge in [-0.3, -0.25) is 9.59 Å². The van der Waals surface area contributed by atoms with Gasteiger partial charge in [-0.2, -0.15) is 0 Å². The maximum Gasteiger partial charge on any atom is 0.302 e. The van der Waals surface area contributed by atoms with Gasteiger partial charge in [-0.05, 0) is 39.3 Å². The molecule has 0 heterocycles. The fourth-order valence-corrected chi connectivity index (χ4v) is 3.23. The molecule has 0 aromatic rings. The second-order valence-corrected chi connectivity index (χ2v) is 15.5. The van der Waals surface area contributed by atoms with Crippen molar-refractivity contribution in [3.8, 4) is 0 Å². The van der Waals surface area contributed by atoms with E-state index < -0.39 is 16.6 Å². The Bertz CT molecular complexity index is 253. The molecular formula is C10H22O4SSi2. The van der Waals surface area contributed by atoms with Gasteiger partial charge in [0, 0.05) is 0 Å². The lowest BCUT2D eigenvalue weighted by molar-refractivity contribution is -0.132. The van der Waals surface area contributed by atoms with E-state index in [9.17, 15) is 9.59 Å². The summed E-state index contributed by atoms with van der Waals surface area (Å²) in [5.74, 6) is -0.0548. The van der Waals surface area contributed by atoms with Crippen molar-refractivity contribution in [2.75, 3.05) is 11.5 Å². The molecule has 0 aromatic carbocycles. The highest BCUT2D eigenvalue weighted by Gasteiger charge is 2.22. The number of hydrogen-bond donors (Lipinski definition) is 0. The van der Waals surface area contributed by atoms with Crippen molar-refractivity contribution in [2.45, 2.75) is 39.3 Å². The number of rotatable bonds is 6. The third-order valence-corrected chi connectivity index (χ3v) is 3.84. The zero-order valence-corrected chi connectivity index (χ0v) is 14.3. The summed E-state index contributed by atoms with van der Waals surface area (Å²) in [5, 5.41) is 0. The SMILES string of the molecule is C[Si](C)(C)OC(=O)CSCC(=O)O[Si](C)(C)C. The first kappa shape index (κ1) is 16.7. The maximum absolute atomic E-state index is 11.4. The monoisotopic (exact) mass is 294 g/mol. The van der Waals surface area contributed by atoms with Gasteiger partial charge >= 0.3 is 11.9 Å². The molecule has 0 atom stereocenters. The highest BCUT2D eigenvalue weighted by Crippen LogP contribution is 2.09. The topological polar surface area (TPSA) is 52.6 Å². The van der Waals surface area contributed by atoms with Crippen molar-refractivity contribution in [1.29, 1.82) is 0 Å². The molecular weight excluding hydrogens is 272 g/mol. The van der Waals surface area contributed by atoms with E-state index in [4.69, 9.17) is 8.85 Å². The van der Waals surface area contributed by atoms with Crippen LogP contribution in [0.2, 0.25) is 39.3 Å². The summed E-state index contributed by atoms with van der Waals surface area (Å²) in [6, 6.07) is 0. The largest absolute Gasteiger partial charge is 0.519 e. The average Bonchev–Trinajstić information content (AvgIpc) is 1.95. The summed E-state index contributed by atoms with van der Waals surface area (Å²) < 4.78 is 10.5. The third-order valence-electron chi connectivity index (χ3n) is 1.28. The van der Waals surface area contributed by atoms with E-state index in [0.717, 1.165) is 0 Å². The summed E-state index contributed by atoms with van der Waals surface area (Å²) in [6.45, 7) is 11.7. The van der Waals surface area contributed by atoms with E-state index in [-0.39, 0.29) is 23.4 Å². The highest BCUT2D eigenvalue weighted by molar-refractivity contribution is 8.00. The molecule has 0 saturated heterocycles. The molecule has 100 valence electrons. The Kier molecular flexibility index (Phi) is 6.49. The maximum atomic E-state index is 11.4. The molecule has 0 aliphatic carbocycles. The van der Waals surface area contributed by atoms with Crippen LogP contribution in [0.5, 0.6) is 0 Å². The van der Waals surface area contributed by atoms with Gasteiger partial charge in [0.1, 0.15) is 0 Å². The van der Waals surface area contributed by atoms with Crippen LogP contribution in [0.1, 0.15) is 0 Å². The smallest absolute Gasteiger partial charge is 0.302 e. The summed E-state index contributed by atoms with van der Waals surface area (Å²) in [4.78, 5) is 22.7. The van der Waals surface area contributed by atoms with Crippen molar-refractivity contribution >= 4 is 40.3 Å². The molecule has 4 nitrogen and oxygen atoms in total. The van der Waals surface area contributed by atoms with Crippen LogP contribution in [0.3, 0.4) is 0 Å². The molecule has 0 rings (SSSR count). The van der Waals surface area contributed by atoms with Crippen molar-refractivity contribution in [1.82, 2.24) is 0 Å². The third kappa shape index (κ3) is 12.0. The second kappa shape index (κ2) is 6.60. The van der Waals surface area contributed by atoms with Gasteiger partial charge < -0.3 is 8.85 Å². The van der Waals surface area contributed by atoms with Gasteiger partial charge in [0.25, 0.3) is 0 Å². The molecule has 0 radical (unpaired) electrons. The molecule has 0 aliphatic heterocycles. The number of carbonyl (C=O) groups excluding carboxylic acids is 2. The van der Waals surface area contributed by atoms with Gasteiger partial charge in [-0.15, -0.1) is 11.8 Å². The lowest BCUT2D eigenvalue weighted by atomic mass is 10.8. The lowest BCUT2D eigenvalue weighted by Crippen LogP contribution is -2.31. The van der Waals surface area contributed by atoms with Crippen molar-refractivity contribution in [3.05, 3.63) is 0 Å². The molecule has 0 aliphatic rings. The number of carbonyl (C=O) groups is 2. The van der Waals surface area contributed by atoms with Crippen LogP contribution in [-0.4, -0.2) is 40.1 Å². The van der Waals surface area contributed by atoms with E-state index >= 15 is 0 Å². The van der Waals surface area contributed by atoms with E-state index in [1.54, 1.807) is 0 Å². The summed E-state index contributed by atoms with van der Waals surface area (Å²) >= 11 is 1.25. The minimum atomic E-state index is -1.81. The fraction of sp³-hybridized carbons (Fsp3) is 0.800. The van der Waals surface area contributed by atoms with E-state index in [2.05, 4.69) is 0 Å². The summed E-state index contributed by atoms with van der Waals surface area (Å²) in [7, 11) is -3.62. The van der Waals surface area contributed by atoms with E-state index in [1.807, 2.05) is 39.3 Å². The first-order valence-electron chi connectivity index (χ1n) is 5.51. The van der Waals surface area contributed by atoms with E-state index in [1.165, 1.54) is 11.8 Å². The number of thioether (sulfide) groups is 1. The first-order valence-corrected chi connectivity index (χ1v) is 13.5. The molecule has 0 saturated carbocycles. The minimum Gasteiger partial charge on any atom is -0.519 e. The number of hydrogen-bond acceptors (Lipinski definition) is 5. The van der Waals surface area contributed by atoms with E-state index in [0.29, 0.717) is 0 Å². The van der Waals surface area contributed by atoms with Crippen LogP contribution in [0.25, 0.3) is 0 Å². The lowest BCUT2D eigenvalue weighted by Gasteiger charge is -2.18. The predicted molar refractivity (Wildman–Crippen MR) is 76.2 cm³/mol. The van der Waals surface area contributed by atoms with Crippen LogP contribution in [0.4, 0.5) is 0 Å². The quantitative estimate of drug-likeness (QED) is 0.704. The normalized spacial score (nSPS) is 12.1. The Morgan fingerprint density at radius 2 is 1.12 bits per heavy atom. The van der Waals surface area contributed by atoms with Crippen LogP contribution >= 0.6 is 11.8 Å². The molecule has 0 N–H and O–H groups in total. The second-order valence-electron chi connectivity index (χ2n) is 5.67. The first-order chi connectivity index (χ1) is 7.49. The standard InChI is InChI=1S/C10H22O4SSi2/c1-16(2,3)13-9(11)7-15-8-10(12)14-17(4,5)6/h7-8H2,1-6H3. The average molecular weight is 295 g/mol. The minimum absolute atomic E-state index is 0.213. The summed E-state index contributed by atoms with van der Waals surface area (Å²) in [6.07, 6.45) is 0. The molecule has 0 bridgehead atoms. The molecule has 17 heavy (non-hydrogen) atoms. The Morgan fingerprint density at radius 3 is 1.35 bits per heavy atom. The van der Waals surface area contributed by atoms with Crippen molar-refractivity contribution < 1.29 is 18.4 Å². The van der Waals surface area contributed by atoms with Gasteiger partial charge in [-0.1, -0.05) is 0 Å².